The van der Waals surface area contributed by atoms with Gasteiger partial charge in [0.2, 0.25) is 0 Å². The molecule has 0 amide bonds. The van der Waals surface area contributed by atoms with Gasteiger partial charge in [0.15, 0.2) is 0 Å². The third-order valence-corrected chi connectivity index (χ3v) is 2.97. The summed E-state index contributed by atoms with van der Waals surface area (Å²) in [5, 5.41) is 8.50. The molecule has 0 aliphatic rings. The zero-order valence-electron chi connectivity index (χ0n) is 11.8. The molecule has 0 radical (unpaired) electrons. The van der Waals surface area contributed by atoms with Gasteiger partial charge in [-0.1, -0.05) is 56.9 Å². The average molecular weight is 252 g/mol. The maximum atomic E-state index is 10.3. The van der Waals surface area contributed by atoms with Crippen LogP contribution in [0.5, 0.6) is 0 Å². The summed E-state index contributed by atoms with van der Waals surface area (Å²) < 4.78 is 0. The number of rotatable bonds is 12. The first-order valence-electron chi connectivity index (χ1n) is 7.23. The summed E-state index contributed by atoms with van der Waals surface area (Å²) >= 11 is 0. The molecule has 0 saturated heterocycles. The second kappa shape index (κ2) is 12.4. The lowest BCUT2D eigenvalue weighted by atomic mass is 10.1. The summed E-state index contributed by atoms with van der Waals surface area (Å²) in [7, 11) is 0. The molecule has 0 aromatic heterocycles. The fourth-order valence-electron chi connectivity index (χ4n) is 1.83. The van der Waals surface area contributed by atoms with Crippen molar-refractivity contribution >= 4 is 5.97 Å². The van der Waals surface area contributed by atoms with E-state index in [4.69, 9.17) is 5.11 Å². The number of aliphatic carboxylic acids is 1. The molecule has 0 bridgehead atoms. The van der Waals surface area contributed by atoms with Gasteiger partial charge in [-0.25, -0.2) is 0 Å². The number of unbranched alkanes of at least 4 members (excludes halogenated alkanes) is 6. The Morgan fingerprint density at radius 1 is 1.06 bits per heavy atom. The standard InChI is InChI=1S/C16H28O2/c1-3-4-5-6-7-9-12-15(2)13-10-8-11-14-16(17)18/h9,12H,2-8,10-11,13-14H2,1H3,(H,17,18). The molecule has 18 heavy (non-hydrogen) atoms. The Bertz CT molecular complexity index is 254. The molecule has 0 unspecified atom stereocenters. The molecule has 0 aliphatic carbocycles. The Kier molecular flexibility index (Phi) is 11.7. The number of carbonyl (C=O) groups is 1. The summed E-state index contributed by atoms with van der Waals surface area (Å²) in [6.45, 7) is 6.24. The molecule has 0 aromatic rings. The highest BCUT2D eigenvalue weighted by Gasteiger charge is 1.96. The number of hydrogen-bond acceptors (Lipinski definition) is 1. The van der Waals surface area contributed by atoms with E-state index in [9.17, 15) is 4.79 Å². The second-order valence-electron chi connectivity index (χ2n) is 4.86. The van der Waals surface area contributed by atoms with Crippen molar-refractivity contribution < 1.29 is 9.90 Å². The van der Waals surface area contributed by atoms with Gasteiger partial charge in [-0.05, 0) is 32.1 Å². The van der Waals surface area contributed by atoms with E-state index in [1.807, 2.05) is 0 Å². The van der Waals surface area contributed by atoms with Crippen molar-refractivity contribution in [2.75, 3.05) is 0 Å². The van der Waals surface area contributed by atoms with Gasteiger partial charge < -0.3 is 5.11 Å². The molecule has 0 fully saturated rings. The molecule has 0 spiro atoms. The van der Waals surface area contributed by atoms with Crippen LogP contribution < -0.4 is 0 Å². The lowest BCUT2D eigenvalue weighted by Gasteiger charge is -2.00. The van der Waals surface area contributed by atoms with Crippen LogP contribution in [0, 0.1) is 0 Å². The highest BCUT2D eigenvalue weighted by atomic mass is 16.4. The van der Waals surface area contributed by atoms with Crippen LogP contribution in [0.4, 0.5) is 0 Å². The molecule has 0 aromatic carbocycles. The average Bonchev–Trinajstić information content (AvgIpc) is 2.33. The molecule has 104 valence electrons. The molecule has 1 N–H and O–H groups in total. The molecule has 0 saturated carbocycles. The van der Waals surface area contributed by atoms with Crippen molar-refractivity contribution in [3.05, 3.63) is 24.3 Å². The zero-order chi connectivity index (χ0) is 13.6. The van der Waals surface area contributed by atoms with Crippen LogP contribution in [0.2, 0.25) is 0 Å². The van der Waals surface area contributed by atoms with Gasteiger partial charge in [0.05, 0.1) is 0 Å². The van der Waals surface area contributed by atoms with Gasteiger partial charge in [-0.2, -0.15) is 0 Å². The summed E-state index contributed by atoms with van der Waals surface area (Å²) in [6.07, 6.45) is 14.8. The molecule has 0 rings (SSSR count). The highest BCUT2D eigenvalue weighted by molar-refractivity contribution is 5.66. The predicted molar refractivity (Wildman–Crippen MR) is 77.8 cm³/mol. The quantitative estimate of drug-likeness (QED) is 0.387. The Morgan fingerprint density at radius 2 is 1.72 bits per heavy atom. The molecule has 0 heterocycles. The van der Waals surface area contributed by atoms with Gasteiger partial charge in [0.25, 0.3) is 0 Å². The fraction of sp³-hybridized carbons (Fsp3) is 0.688. The van der Waals surface area contributed by atoms with Gasteiger partial charge >= 0.3 is 5.97 Å². The number of allylic oxidation sites excluding steroid dienone is 3. The topological polar surface area (TPSA) is 37.3 Å². The smallest absolute Gasteiger partial charge is 0.303 e. The van der Waals surface area contributed by atoms with Crippen LogP contribution in [0.1, 0.15) is 71.1 Å². The van der Waals surface area contributed by atoms with Gasteiger partial charge in [-0.15, -0.1) is 0 Å². The van der Waals surface area contributed by atoms with E-state index in [-0.39, 0.29) is 0 Å². The van der Waals surface area contributed by atoms with Crippen molar-refractivity contribution in [2.45, 2.75) is 71.1 Å². The molecule has 0 atom stereocenters. The number of carboxylic acids is 1. The maximum absolute atomic E-state index is 10.3. The van der Waals surface area contributed by atoms with Gasteiger partial charge in [-0.3, -0.25) is 4.79 Å². The predicted octanol–water partition coefficient (Wildman–Crippen LogP) is 5.10. The Hall–Kier alpha value is -1.05. The van der Waals surface area contributed by atoms with E-state index in [2.05, 4.69) is 25.7 Å². The van der Waals surface area contributed by atoms with Crippen LogP contribution >= 0.6 is 0 Å². The van der Waals surface area contributed by atoms with Gasteiger partial charge in [0.1, 0.15) is 0 Å². The second-order valence-corrected chi connectivity index (χ2v) is 4.86. The number of carboxylic acid groups (broad SMARTS) is 1. The Balaban J connectivity index is 3.36. The van der Waals surface area contributed by atoms with E-state index < -0.39 is 5.97 Å². The van der Waals surface area contributed by atoms with Crippen molar-refractivity contribution in [2.24, 2.45) is 0 Å². The van der Waals surface area contributed by atoms with E-state index in [1.165, 1.54) is 31.3 Å². The van der Waals surface area contributed by atoms with E-state index >= 15 is 0 Å². The minimum absolute atomic E-state index is 0.291. The van der Waals surface area contributed by atoms with Crippen LogP contribution in [-0.4, -0.2) is 11.1 Å². The van der Waals surface area contributed by atoms with Crippen molar-refractivity contribution in [3.8, 4) is 0 Å². The fourth-order valence-corrected chi connectivity index (χ4v) is 1.83. The minimum atomic E-state index is -0.694. The first-order valence-corrected chi connectivity index (χ1v) is 7.23. The normalized spacial score (nSPS) is 10.9. The lowest BCUT2D eigenvalue weighted by molar-refractivity contribution is -0.137. The van der Waals surface area contributed by atoms with Crippen LogP contribution in [-0.2, 0) is 4.79 Å². The zero-order valence-corrected chi connectivity index (χ0v) is 11.8. The van der Waals surface area contributed by atoms with Crippen molar-refractivity contribution in [1.82, 2.24) is 0 Å². The summed E-state index contributed by atoms with van der Waals surface area (Å²) in [6, 6.07) is 0. The first-order chi connectivity index (χ1) is 8.66. The van der Waals surface area contributed by atoms with Gasteiger partial charge in [0, 0.05) is 6.42 Å². The lowest BCUT2D eigenvalue weighted by Crippen LogP contribution is -1.93. The minimum Gasteiger partial charge on any atom is -0.481 e. The molecule has 0 aliphatic heterocycles. The maximum Gasteiger partial charge on any atom is 0.303 e. The number of hydrogen-bond donors (Lipinski definition) is 1. The van der Waals surface area contributed by atoms with E-state index in [0.717, 1.165) is 32.1 Å². The first kappa shape index (κ1) is 16.9. The summed E-state index contributed by atoms with van der Waals surface area (Å²) in [5.74, 6) is -0.694. The van der Waals surface area contributed by atoms with Crippen molar-refractivity contribution in [1.29, 1.82) is 0 Å². The molecular weight excluding hydrogens is 224 g/mol. The molecule has 2 nitrogen and oxygen atoms in total. The third kappa shape index (κ3) is 13.0. The van der Waals surface area contributed by atoms with E-state index in [1.54, 1.807) is 0 Å². The molecular formula is C16H28O2. The summed E-state index contributed by atoms with van der Waals surface area (Å²) in [5.41, 5.74) is 1.17. The molecule has 2 heteroatoms. The third-order valence-electron chi connectivity index (χ3n) is 2.97. The largest absolute Gasteiger partial charge is 0.481 e. The van der Waals surface area contributed by atoms with E-state index in [0.29, 0.717) is 6.42 Å². The Labute approximate surface area is 112 Å². The summed E-state index contributed by atoms with van der Waals surface area (Å²) in [4.78, 5) is 10.3. The van der Waals surface area contributed by atoms with Crippen molar-refractivity contribution in [3.63, 3.8) is 0 Å². The van der Waals surface area contributed by atoms with Crippen LogP contribution in [0.25, 0.3) is 0 Å². The SMILES string of the molecule is C=C(C=CCCCCCC)CCCCCC(=O)O. The Morgan fingerprint density at radius 3 is 2.39 bits per heavy atom. The van der Waals surface area contributed by atoms with Crippen LogP contribution in [0.15, 0.2) is 24.3 Å². The monoisotopic (exact) mass is 252 g/mol. The highest BCUT2D eigenvalue weighted by Crippen LogP contribution is 2.11. The van der Waals surface area contributed by atoms with Crippen LogP contribution in [0.3, 0.4) is 0 Å².